The van der Waals surface area contributed by atoms with Crippen molar-refractivity contribution in [2.45, 2.75) is 527 Å². The van der Waals surface area contributed by atoms with Crippen molar-refractivity contribution in [3.63, 3.8) is 0 Å². The molecular weight excluding hydrogens is 1400 g/mol. The summed E-state index contributed by atoms with van der Waals surface area (Å²) in [4.78, 5) is 0. The van der Waals surface area contributed by atoms with Crippen molar-refractivity contribution in [1.82, 2.24) is 0 Å². The minimum Gasteiger partial charge on any atom is -0.393 e. The van der Waals surface area contributed by atoms with E-state index in [0.29, 0.717) is 99.6 Å². The molecule has 8 fully saturated rings. The molecule has 21 atom stereocenters. The molecule has 0 aromatic carbocycles. The minimum atomic E-state index is -0.112. The highest BCUT2D eigenvalue weighted by molar-refractivity contribution is 4.95. The Balaban J connectivity index is 0.000000652. The van der Waals surface area contributed by atoms with Crippen LogP contribution in [0.4, 0.5) is 0 Å². The number of hydrogen-bond acceptors (Lipinski definition) is 8. The van der Waals surface area contributed by atoms with E-state index < -0.39 is 0 Å². The molecule has 684 valence electrons. The van der Waals surface area contributed by atoms with E-state index in [2.05, 4.69) is 222 Å². The third-order valence-electron chi connectivity index (χ3n) is 31.1. The molecule has 0 spiro atoms. The molecule has 8 saturated carbocycles. The summed E-state index contributed by atoms with van der Waals surface area (Å²) >= 11 is 0. The molecule has 0 heterocycles. The van der Waals surface area contributed by atoms with Crippen LogP contribution in [0.25, 0.3) is 0 Å². The van der Waals surface area contributed by atoms with Gasteiger partial charge in [-0.1, -0.05) is 324 Å². The van der Waals surface area contributed by atoms with Crippen LogP contribution in [0, 0.1) is 151 Å². The SMILES string of the molecule is CC(C)(C)C1CCC(C(C)(C)C)C(O)C1.CC(C)(C)C1CCC(O)C(C(C)(C)C)C1.CC(C)(C)C1CCCC(C(C)(C)C)C1O.CC(C)C1CCC(O)C(C(C)C)C1.CC(C)C1CCCC(C(C)C)C1O.CCCC1CCCC(CCC)C1O.CCCCC1CCC(O)C(CCCC)C1.CCCCC1CCCC(O)C1CCCC. The molecule has 0 saturated heterocycles. The molecular formula is C106H212O8. The van der Waals surface area contributed by atoms with Gasteiger partial charge in [0.25, 0.3) is 0 Å². The standard InChI is InChI=1S/5C14H28O.3C12H24O/c1-13(2,3)10-7-8-12(15)11(9-10)14(4,5)6;1-13(2,3)10-7-8-11(12(15)9-10)14(4,5)6;1-13(2,3)10-8-7-9-11(12(10)15)14(4,5)6;1-3-5-8-12-9-7-11-14(15)13(12)10-6-4-2;1-3-5-7-12-9-10-14(15)13(11-12)8-6-4-2;1-8(2)10-5-6-12(13)11(7-10)9(3)4;1-8(2)10-6-5-7-11(9(3)4)12(10)13;1-3-6-10-8-5-9-11(7-4-2)12(10)13/h3*10-12,15H,7-9H2,1-6H3;2*12-15H,3-11H2,1-2H3;2*8-13H,5-7H2,1-4H3;10-13H,3-9H2,1-2H3. The van der Waals surface area contributed by atoms with Crippen LogP contribution < -0.4 is 0 Å². The van der Waals surface area contributed by atoms with Gasteiger partial charge in [-0.05, 0) is 305 Å². The lowest BCUT2D eigenvalue weighted by molar-refractivity contribution is -0.0660. The molecule has 0 aromatic heterocycles. The van der Waals surface area contributed by atoms with Crippen LogP contribution in [0.1, 0.15) is 478 Å². The van der Waals surface area contributed by atoms with Gasteiger partial charge in [0.05, 0.1) is 48.8 Å². The van der Waals surface area contributed by atoms with E-state index >= 15 is 0 Å². The van der Waals surface area contributed by atoms with Gasteiger partial charge >= 0.3 is 0 Å². The van der Waals surface area contributed by atoms with Gasteiger partial charge in [-0.25, -0.2) is 0 Å². The largest absolute Gasteiger partial charge is 0.393 e. The normalized spacial score (nSPS) is 34.0. The van der Waals surface area contributed by atoms with Crippen molar-refractivity contribution in [3.05, 3.63) is 0 Å². The van der Waals surface area contributed by atoms with Crippen LogP contribution in [0.5, 0.6) is 0 Å². The molecule has 8 aliphatic rings. The minimum absolute atomic E-state index is 0.00663. The Kier molecular flexibility index (Phi) is 54.0. The second-order valence-corrected chi connectivity index (χ2v) is 47.7. The van der Waals surface area contributed by atoms with Gasteiger partial charge in [0.1, 0.15) is 0 Å². The van der Waals surface area contributed by atoms with Gasteiger partial charge in [0, 0.05) is 0 Å². The lowest BCUT2D eigenvalue weighted by Gasteiger charge is -2.46. The van der Waals surface area contributed by atoms with E-state index in [0.717, 1.165) is 61.7 Å². The molecule has 8 aliphatic carbocycles. The molecule has 0 amide bonds. The van der Waals surface area contributed by atoms with E-state index in [1.54, 1.807) is 0 Å². The Bertz CT molecular complexity index is 2240. The fraction of sp³-hybridized carbons (Fsp3) is 1.00. The van der Waals surface area contributed by atoms with Crippen LogP contribution in [0.15, 0.2) is 0 Å². The summed E-state index contributed by atoms with van der Waals surface area (Å²) in [6.07, 6.45) is 49.1. The second kappa shape index (κ2) is 55.1. The van der Waals surface area contributed by atoms with Crippen molar-refractivity contribution in [1.29, 1.82) is 0 Å². The first kappa shape index (κ1) is 112. The Morgan fingerprint density at radius 3 is 1.07 bits per heavy atom. The van der Waals surface area contributed by atoms with Crippen molar-refractivity contribution in [2.75, 3.05) is 0 Å². The Morgan fingerprint density at radius 2 is 0.640 bits per heavy atom. The maximum Gasteiger partial charge on any atom is 0.0606 e. The Hall–Kier alpha value is -0.320. The highest BCUT2D eigenvalue weighted by Gasteiger charge is 2.45. The third-order valence-corrected chi connectivity index (χ3v) is 31.1. The van der Waals surface area contributed by atoms with Gasteiger partial charge < -0.3 is 40.9 Å². The molecule has 21 unspecified atom stereocenters. The first-order valence-electron chi connectivity index (χ1n) is 50.2. The number of hydrogen-bond donors (Lipinski definition) is 8. The Morgan fingerprint density at radius 1 is 0.246 bits per heavy atom. The topological polar surface area (TPSA) is 162 Å². The van der Waals surface area contributed by atoms with E-state index in [-0.39, 0.29) is 70.5 Å². The summed E-state index contributed by atoms with van der Waals surface area (Å²) in [5.41, 5.74) is 1.71. The lowest BCUT2D eigenvalue weighted by Crippen LogP contribution is -2.45. The van der Waals surface area contributed by atoms with Crippen LogP contribution in [0.3, 0.4) is 0 Å². The smallest absolute Gasteiger partial charge is 0.0606 e. The number of aliphatic hydroxyl groups excluding tert-OH is 8. The molecule has 8 heteroatoms. The maximum atomic E-state index is 10.5. The van der Waals surface area contributed by atoms with Crippen molar-refractivity contribution in [3.8, 4) is 0 Å². The molecule has 8 N–H and O–H groups in total. The summed E-state index contributed by atoms with van der Waals surface area (Å²) in [6.45, 7) is 72.4. The molecule has 0 radical (unpaired) electrons. The van der Waals surface area contributed by atoms with Gasteiger partial charge in [-0.3, -0.25) is 0 Å². The van der Waals surface area contributed by atoms with Gasteiger partial charge in [0.15, 0.2) is 0 Å². The zero-order valence-corrected chi connectivity index (χ0v) is 83.0. The van der Waals surface area contributed by atoms with E-state index in [1.165, 1.54) is 225 Å². The van der Waals surface area contributed by atoms with Gasteiger partial charge in [0.2, 0.25) is 0 Å². The van der Waals surface area contributed by atoms with E-state index in [4.69, 9.17) is 0 Å². The van der Waals surface area contributed by atoms with E-state index in [9.17, 15) is 40.9 Å². The molecule has 114 heavy (non-hydrogen) atoms. The quantitative estimate of drug-likeness (QED) is 0.0598. The highest BCUT2D eigenvalue weighted by Crippen LogP contribution is 2.50. The molecule has 8 nitrogen and oxygen atoms in total. The number of unbranched alkanes of at least 4 members (excludes halogenated alkanes) is 4. The van der Waals surface area contributed by atoms with Crippen LogP contribution >= 0.6 is 0 Å². The highest BCUT2D eigenvalue weighted by atomic mass is 16.3. The summed E-state index contributed by atoms with van der Waals surface area (Å²) in [6, 6.07) is 0. The summed E-state index contributed by atoms with van der Waals surface area (Å²) in [5.74, 6) is 12.7. The maximum absolute atomic E-state index is 10.5. The predicted molar refractivity (Wildman–Crippen MR) is 499 cm³/mol. The molecule has 8 rings (SSSR count). The van der Waals surface area contributed by atoms with Gasteiger partial charge in [-0.2, -0.15) is 0 Å². The molecule has 0 bridgehead atoms. The monoisotopic (exact) mass is 1610 g/mol. The molecule has 0 aliphatic heterocycles. The second-order valence-electron chi connectivity index (χ2n) is 47.7. The number of rotatable bonds is 20. The van der Waals surface area contributed by atoms with Gasteiger partial charge in [-0.15, -0.1) is 0 Å². The fourth-order valence-corrected chi connectivity index (χ4v) is 22.8. The molecule has 0 aromatic rings. The fourth-order valence-electron chi connectivity index (χ4n) is 22.8. The summed E-state index contributed by atoms with van der Waals surface area (Å²) < 4.78 is 0. The zero-order valence-electron chi connectivity index (χ0n) is 83.0. The first-order chi connectivity index (χ1) is 52.8. The zero-order chi connectivity index (χ0) is 87.5. The van der Waals surface area contributed by atoms with Crippen molar-refractivity contribution in [2.24, 2.45) is 151 Å². The first-order valence-corrected chi connectivity index (χ1v) is 50.2. The summed E-state index contributed by atoms with van der Waals surface area (Å²) in [5, 5.41) is 80.9. The van der Waals surface area contributed by atoms with Crippen molar-refractivity contribution >= 4 is 0 Å². The van der Waals surface area contributed by atoms with E-state index in [1.807, 2.05) is 0 Å². The average molecular weight is 1610 g/mol. The van der Waals surface area contributed by atoms with Crippen LogP contribution in [0.2, 0.25) is 0 Å². The van der Waals surface area contributed by atoms with Crippen LogP contribution in [-0.4, -0.2) is 89.7 Å². The predicted octanol–water partition coefficient (Wildman–Crippen LogP) is 29.4. The van der Waals surface area contributed by atoms with Crippen LogP contribution in [-0.2, 0) is 0 Å². The number of aliphatic hydroxyl groups is 8. The third kappa shape index (κ3) is 41.4. The lowest BCUT2D eigenvalue weighted by atomic mass is 9.61. The Labute approximate surface area is 714 Å². The van der Waals surface area contributed by atoms with Crippen molar-refractivity contribution < 1.29 is 40.9 Å². The summed E-state index contributed by atoms with van der Waals surface area (Å²) in [7, 11) is 0. The average Bonchev–Trinajstić information content (AvgIpc) is 0.803.